The minimum atomic E-state index is -0.800. The van der Waals surface area contributed by atoms with Gasteiger partial charge in [0, 0.05) is 0 Å². The van der Waals surface area contributed by atoms with Crippen LogP contribution < -0.4 is 11.2 Å². The van der Waals surface area contributed by atoms with Crippen molar-refractivity contribution in [3.63, 3.8) is 0 Å². The van der Waals surface area contributed by atoms with Crippen LogP contribution in [0.5, 0.6) is 0 Å². The van der Waals surface area contributed by atoms with E-state index in [1.165, 1.54) is 0 Å². The maximum absolute atomic E-state index is 11.6. The van der Waals surface area contributed by atoms with Crippen molar-refractivity contribution in [3.05, 3.63) is 0 Å². The van der Waals surface area contributed by atoms with Gasteiger partial charge in [-0.3, -0.25) is 4.79 Å². The van der Waals surface area contributed by atoms with Crippen molar-refractivity contribution in [2.45, 2.75) is 32.7 Å². The number of carbonyl (C=O) groups is 2. The summed E-state index contributed by atoms with van der Waals surface area (Å²) in [5, 5.41) is 3.28. The summed E-state index contributed by atoms with van der Waals surface area (Å²) in [5.41, 5.74) is -0.800. The molecule has 74 valence electrons. The maximum atomic E-state index is 11.6. The van der Waals surface area contributed by atoms with Gasteiger partial charge in [0.2, 0.25) is 0 Å². The minimum Gasteiger partial charge on any atom is -0.322 e. The highest BCUT2D eigenvalue weighted by molar-refractivity contribution is 6.06. The minimum absolute atomic E-state index is 0.0440. The smallest absolute Gasteiger partial charge is 0.322 e. The molecule has 3 amide bonds. The Morgan fingerprint density at radius 1 is 1.54 bits per heavy atom. The number of rotatable bonds is 2. The molecule has 0 radical (unpaired) electrons. The fourth-order valence-electron chi connectivity index (χ4n) is 1.65. The number of carbonyl (C=O) groups excluding carboxylic acids is 2. The van der Waals surface area contributed by atoms with E-state index in [1.807, 2.05) is 20.8 Å². The lowest BCUT2D eigenvalue weighted by atomic mass is 9.84. The van der Waals surface area contributed by atoms with Gasteiger partial charge in [0.05, 0.1) is 0 Å². The van der Waals surface area contributed by atoms with Crippen LogP contribution >= 0.6 is 0 Å². The zero-order chi connectivity index (χ0) is 10.2. The summed E-state index contributed by atoms with van der Waals surface area (Å²) in [4.78, 5) is 22.8. The lowest BCUT2D eigenvalue weighted by molar-refractivity contribution is -0.133. The predicted octanol–water partition coefficient (Wildman–Crippen LogP) is 0.217. The molecule has 0 aromatic heterocycles. The van der Waals surface area contributed by atoms with E-state index in [4.69, 9.17) is 5.84 Å². The van der Waals surface area contributed by atoms with E-state index in [0.717, 1.165) is 0 Å². The molecular weight excluding hydrogens is 170 g/mol. The van der Waals surface area contributed by atoms with Crippen molar-refractivity contribution in [2.24, 2.45) is 11.8 Å². The van der Waals surface area contributed by atoms with Crippen LogP contribution in [0.1, 0.15) is 27.2 Å². The van der Waals surface area contributed by atoms with Crippen LogP contribution in [-0.2, 0) is 4.79 Å². The van der Waals surface area contributed by atoms with Gasteiger partial charge < -0.3 is 5.32 Å². The van der Waals surface area contributed by atoms with Crippen molar-refractivity contribution in [1.82, 2.24) is 10.3 Å². The van der Waals surface area contributed by atoms with E-state index >= 15 is 0 Å². The van der Waals surface area contributed by atoms with Crippen molar-refractivity contribution >= 4 is 11.9 Å². The molecule has 1 atom stereocenters. The third-order valence-electron chi connectivity index (χ3n) is 2.69. The molecule has 5 nitrogen and oxygen atoms in total. The topological polar surface area (TPSA) is 75.4 Å². The first-order valence-electron chi connectivity index (χ1n) is 4.37. The van der Waals surface area contributed by atoms with Crippen LogP contribution in [0.25, 0.3) is 0 Å². The summed E-state index contributed by atoms with van der Waals surface area (Å²) in [6, 6.07) is -0.513. The quantitative estimate of drug-likeness (QED) is 0.367. The fourth-order valence-corrected chi connectivity index (χ4v) is 1.65. The van der Waals surface area contributed by atoms with E-state index in [9.17, 15) is 9.59 Å². The second kappa shape index (κ2) is 2.99. The first-order valence-corrected chi connectivity index (χ1v) is 4.37. The summed E-state index contributed by atoms with van der Waals surface area (Å²) in [5.74, 6) is 4.99. The molecule has 1 aliphatic rings. The Balaban J connectivity index is 3.04. The Hall–Kier alpha value is -1.10. The Morgan fingerprint density at radius 2 is 2.08 bits per heavy atom. The Morgan fingerprint density at radius 3 is 2.23 bits per heavy atom. The lowest BCUT2D eigenvalue weighted by Gasteiger charge is -2.28. The van der Waals surface area contributed by atoms with Crippen LogP contribution in [0, 0.1) is 5.92 Å². The number of hydrogen-bond acceptors (Lipinski definition) is 3. The van der Waals surface area contributed by atoms with E-state index in [0.29, 0.717) is 11.4 Å². The number of nitrogens with one attached hydrogen (secondary N) is 1. The second-order valence-electron chi connectivity index (χ2n) is 3.58. The Labute approximate surface area is 77.2 Å². The summed E-state index contributed by atoms with van der Waals surface area (Å²) in [6.45, 7) is 5.64. The van der Waals surface area contributed by atoms with E-state index in [-0.39, 0.29) is 11.8 Å². The SMILES string of the molecule is CC[C@]1(C(C)C)NC(=O)N(N)C1=O. The number of hydrogen-bond donors (Lipinski definition) is 2. The molecule has 0 aliphatic carbocycles. The van der Waals surface area contributed by atoms with Crippen LogP contribution in [-0.4, -0.2) is 22.5 Å². The van der Waals surface area contributed by atoms with Gasteiger partial charge in [-0.05, 0) is 12.3 Å². The number of nitrogens with zero attached hydrogens (tertiary/aromatic N) is 1. The van der Waals surface area contributed by atoms with Crippen LogP contribution in [0.4, 0.5) is 4.79 Å². The van der Waals surface area contributed by atoms with E-state index in [1.54, 1.807) is 0 Å². The first-order chi connectivity index (χ1) is 5.95. The molecule has 0 unspecified atom stereocenters. The van der Waals surface area contributed by atoms with Gasteiger partial charge in [-0.2, -0.15) is 5.01 Å². The molecule has 0 saturated carbocycles. The van der Waals surface area contributed by atoms with Gasteiger partial charge in [0.25, 0.3) is 5.91 Å². The zero-order valence-electron chi connectivity index (χ0n) is 8.13. The largest absolute Gasteiger partial charge is 0.339 e. The van der Waals surface area contributed by atoms with Gasteiger partial charge in [0.1, 0.15) is 5.54 Å². The number of nitrogens with two attached hydrogens (primary N) is 1. The number of imide groups is 1. The Bertz CT molecular complexity index is 252. The molecule has 0 aromatic carbocycles. The van der Waals surface area contributed by atoms with E-state index < -0.39 is 11.6 Å². The third kappa shape index (κ3) is 1.19. The van der Waals surface area contributed by atoms with Crippen molar-refractivity contribution in [1.29, 1.82) is 0 Å². The molecule has 3 N–H and O–H groups in total. The normalized spacial score (nSPS) is 28.5. The van der Waals surface area contributed by atoms with Crippen molar-refractivity contribution < 1.29 is 9.59 Å². The van der Waals surface area contributed by atoms with Gasteiger partial charge in [-0.1, -0.05) is 20.8 Å². The molecule has 1 rings (SSSR count). The highest BCUT2D eigenvalue weighted by atomic mass is 16.2. The molecule has 1 fully saturated rings. The Kier molecular flexibility index (Phi) is 2.30. The maximum Gasteiger partial charge on any atom is 0.339 e. The molecule has 0 spiro atoms. The molecule has 0 bridgehead atoms. The average molecular weight is 185 g/mol. The molecule has 1 aliphatic heterocycles. The molecular formula is C8H15N3O2. The lowest BCUT2D eigenvalue weighted by Crippen LogP contribution is -2.51. The molecule has 1 heterocycles. The van der Waals surface area contributed by atoms with Crippen LogP contribution in [0.2, 0.25) is 0 Å². The summed E-state index contributed by atoms with van der Waals surface area (Å²) >= 11 is 0. The predicted molar refractivity (Wildman–Crippen MR) is 47.4 cm³/mol. The van der Waals surface area contributed by atoms with Crippen molar-refractivity contribution in [2.75, 3.05) is 0 Å². The molecule has 13 heavy (non-hydrogen) atoms. The van der Waals surface area contributed by atoms with Gasteiger partial charge in [-0.25, -0.2) is 10.6 Å². The average Bonchev–Trinajstić information content (AvgIpc) is 2.30. The summed E-state index contributed by atoms with van der Waals surface area (Å²) in [7, 11) is 0. The molecule has 5 heteroatoms. The number of amides is 3. The van der Waals surface area contributed by atoms with Gasteiger partial charge in [-0.15, -0.1) is 0 Å². The van der Waals surface area contributed by atoms with Gasteiger partial charge >= 0.3 is 6.03 Å². The zero-order valence-corrected chi connectivity index (χ0v) is 8.13. The highest BCUT2D eigenvalue weighted by Gasteiger charge is 2.51. The van der Waals surface area contributed by atoms with Crippen molar-refractivity contribution in [3.8, 4) is 0 Å². The summed E-state index contributed by atoms with van der Waals surface area (Å²) in [6.07, 6.45) is 0.558. The summed E-state index contributed by atoms with van der Waals surface area (Å²) < 4.78 is 0. The molecule has 1 saturated heterocycles. The number of urea groups is 1. The fraction of sp³-hybridized carbons (Fsp3) is 0.750. The first kappa shape index (κ1) is 9.98. The highest BCUT2D eigenvalue weighted by Crippen LogP contribution is 2.27. The third-order valence-corrected chi connectivity index (χ3v) is 2.69. The molecule has 0 aromatic rings. The van der Waals surface area contributed by atoms with Gasteiger partial charge in [0.15, 0.2) is 0 Å². The number of hydrazine groups is 1. The van der Waals surface area contributed by atoms with E-state index in [2.05, 4.69) is 5.32 Å². The van der Waals surface area contributed by atoms with Crippen LogP contribution in [0.15, 0.2) is 0 Å². The van der Waals surface area contributed by atoms with Crippen LogP contribution in [0.3, 0.4) is 0 Å². The monoisotopic (exact) mass is 185 g/mol. The second-order valence-corrected chi connectivity index (χ2v) is 3.58. The standard InChI is InChI=1S/C8H15N3O2/c1-4-8(5(2)3)6(12)11(9)7(13)10-8/h5H,4,9H2,1-3H3,(H,10,13)/t8-/m1/s1.